The molecule has 0 bridgehead atoms. The fourth-order valence-electron chi connectivity index (χ4n) is 2.50. The van der Waals surface area contributed by atoms with Gasteiger partial charge in [0.25, 0.3) is 5.91 Å². The standard InChI is InChI=1S/C16H22N2O2/c19-16(18-14-6-7-14)13-4-1-5-15(9-13)20-11-12-3-2-8-17-10-12/h1,4-5,9,12,14,17H,2-3,6-8,10-11H2,(H,18,19)/t12-/m1/s1. The molecule has 1 saturated carbocycles. The van der Waals surface area contributed by atoms with Crippen LogP contribution >= 0.6 is 0 Å². The molecule has 4 nitrogen and oxygen atoms in total. The molecule has 3 rings (SSSR count). The summed E-state index contributed by atoms with van der Waals surface area (Å²) in [6.07, 6.45) is 4.65. The van der Waals surface area contributed by atoms with Crippen LogP contribution in [-0.2, 0) is 0 Å². The number of hydrogen-bond acceptors (Lipinski definition) is 3. The van der Waals surface area contributed by atoms with Gasteiger partial charge >= 0.3 is 0 Å². The van der Waals surface area contributed by atoms with Crippen molar-refractivity contribution >= 4 is 5.91 Å². The third kappa shape index (κ3) is 3.73. The summed E-state index contributed by atoms with van der Waals surface area (Å²) in [7, 11) is 0. The average Bonchev–Trinajstić information content (AvgIpc) is 3.30. The molecule has 4 heteroatoms. The van der Waals surface area contributed by atoms with Crippen LogP contribution in [-0.4, -0.2) is 31.6 Å². The molecule has 1 atom stereocenters. The highest BCUT2D eigenvalue weighted by Crippen LogP contribution is 2.21. The first-order valence-electron chi connectivity index (χ1n) is 7.56. The number of piperidine rings is 1. The minimum absolute atomic E-state index is 0.0114. The second-order valence-electron chi connectivity index (χ2n) is 5.80. The van der Waals surface area contributed by atoms with Crippen LogP contribution < -0.4 is 15.4 Å². The van der Waals surface area contributed by atoms with Gasteiger partial charge in [-0.25, -0.2) is 0 Å². The fourth-order valence-corrected chi connectivity index (χ4v) is 2.50. The van der Waals surface area contributed by atoms with E-state index in [1.807, 2.05) is 24.3 Å². The lowest BCUT2D eigenvalue weighted by atomic mass is 10.0. The second kappa shape index (κ2) is 6.27. The first kappa shape index (κ1) is 13.4. The molecule has 1 heterocycles. The summed E-state index contributed by atoms with van der Waals surface area (Å²) < 4.78 is 5.84. The van der Waals surface area contributed by atoms with E-state index in [4.69, 9.17) is 4.74 Å². The maximum atomic E-state index is 12.0. The van der Waals surface area contributed by atoms with E-state index in [1.54, 1.807) is 0 Å². The molecule has 108 valence electrons. The predicted molar refractivity (Wildman–Crippen MR) is 78.0 cm³/mol. The van der Waals surface area contributed by atoms with E-state index in [0.29, 0.717) is 17.5 Å². The number of benzene rings is 1. The highest BCUT2D eigenvalue weighted by atomic mass is 16.5. The van der Waals surface area contributed by atoms with Crippen molar-refractivity contribution in [3.8, 4) is 5.75 Å². The Morgan fingerprint density at radius 2 is 2.25 bits per heavy atom. The van der Waals surface area contributed by atoms with Gasteiger partial charge in [0.2, 0.25) is 0 Å². The van der Waals surface area contributed by atoms with Crippen molar-refractivity contribution in [3.63, 3.8) is 0 Å². The van der Waals surface area contributed by atoms with Gasteiger partial charge in [0, 0.05) is 24.1 Å². The minimum atomic E-state index is 0.0114. The Hall–Kier alpha value is -1.55. The van der Waals surface area contributed by atoms with Crippen molar-refractivity contribution in [3.05, 3.63) is 29.8 Å². The number of rotatable bonds is 5. The summed E-state index contributed by atoms with van der Waals surface area (Å²) in [6, 6.07) is 7.88. The number of carbonyl (C=O) groups excluding carboxylic acids is 1. The van der Waals surface area contributed by atoms with Crippen LogP contribution in [0.5, 0.6) is 5.75 Å². The molecular formula is C16H22N2O2. The van der Waals surface area contributed by atoms with Gasteiger partial charge in [0.05, 0.1) is 6.61 Å². The number of nitrogens with one attached hydrogen (secondary N) is 2. The summed E-state index contributed by atoms with van der Waals surface area (Å²) in [5.41, 5.74) is 0.691. The highest BCUT2D eigenvalue weighted by molar-refractivity contribution is 5.94. The summed E-state index contributed by atoms with van der Waals surface area (Å²) in [6.45, 7) is 2.87. The zero-order chi connectivity index (χ0) is 13.8. The van der Waals surface area contributed by atoms with Crippen LogP contribution in [0.15, 0.2) is 24.3 Å². The zero-order valence-electron chi connectivity index (χ0n) is 11.7. The Morgan fingerprint density at radius 1 is 1.35 bits per heavy atom. The minimum Gasteiger partial charge on any atom is -0.493 e. The maximum absolute atomic E-state index is 12.0. The predicted octanol–water partition coefficient (Wildman–Crippen LogP) is 1.96. The lowest BCUT2D eigenvalue weighted by molar-refractivity contribution is 0.0950. The molecule has 1 aliphatic carbocycles. The van der Waals surface area contributed by atoms with Crippen LogP contribution in [0.4, 0.5) is 0 Å². The van der Waals surface area contributed by atoms with Gasteiger partial charge < -0.3 is 15.4 Å². The monoisotopic (exact) mass is 274 g/mol. The Labute approximate surface area is 119 Å². The molecule has 1 aliphatic heterocycles. The summed E-state index contributed by atoms with van der Waals surface area (Å²) in [4.78, 5) is 12.0. The molecule has 20 heavy (non-hydrogen) atoms. The SMILES string of the molecule is O=C(NC1CC1)c1cccc(OC[C@@H]2CCCNC2)c1. The van der Waals surface area contributed by atoms with E-state index in [9.17, 15) is 4.79 Å². The van der Waals surface area contributed by atoms with Crippen LogP contribution in [0.2, 0.25) is 0 Å². The second-order valence-corrected chi connectivity index (χ2v) is 5.80. The number of carbonyl (C=O) groups is 1. The number of amides is 1. The molecule has 1 aromatic carbocycles. The maximum Gasteiger partial charge on any atom is 0.251 e. The smallest absolute Gasteiger partial charge is 0.251 e. The molecule has 0 unspecified atom stereocenters. The molecule has 2 aliphatic rings. The Balaban J connectivity index is 1.54. The van der Waals surface area contributed by atoms with Gasteiger partial charge in [-0.1, -0.05) is 6.07 Å². The molecule has 1 amide bonds. The number of hydrogen-bond donors (Lipinski definition) is 2. The normalized spacial score (nSPS) is 22.3. The first-order chi connectivity index (χ1) is 9.81. The van der Waals surface area contributed by atoms with Gasteiger partial charge in [-0.3, -0.25) is 4.79 Å². The molecular weight excluding hydrogens is 252 g/mol. The van der Waals surface area contributed by atoms with Gasteiger partial charge in [-0.15, -0.1) is 0 Å². The largest absolute Gasteiger partial charge is 0.493 e. The van der Waals surface area contributed by atoms with E-state index < -0.39 is 0 Å². The van der Waals surface area contributed by atoms with Crippen molar-refractivity contribution in [2.45, 2.75) is 31.7 Å². The molecule has 2 N–H and O–H groups in total. The van der Waals surface area contributed by atoms with E-state index >= 15 is 0 Å². The Bertz CT molecular complexity index is 465. The van der Waals surface area contributed by atoms with Crippen LogP contribution in [0.1, 0.15) is 36.0 Å². The van der Waals surface area contributed by atoms with Crippen molar-refractivity contribution in [1.29, 1.82) is 0 Å². The first-order valence-corrected chi connectivity index (χ1v) is 7.56. The van der Waals surface area contributed by atoms with E-state index in [-0.39, 0.29) is 5.91 Å². The lowest BCUT2D eigenvalue weighted by Gasteiger charge is -2.22. The topological polar surface area (TPSA) is 50.4 Å². The van der Waals surface area contributed by atoms with Gasteiger partial charge in [0.15, 0.2) is 0 Å². The molecule has 0 radical (unpaired) electrons. The number of ether oxygens (including phenoxy) is 1. The van der Waals surface area contributed by atoms with E-state index in [2.05, 4.69) is 10.6 Å². The van der Waals surface area contributed by atoms with E-state index in [0.717, 1.165) is 38.3 Å². The van der Waals surface area contributed by atoms with Crippen molar-refractivity contribution in [2.75, 3.05) is 19.7 Å². The molecule has 0 aromatic heterocycles. The van der Waals surface area contributed by atoms with Gasteiger partial charge in [0.1, 0.15) is 5.75 Å². The quantitative estimate of drug-likeness (QED) is 0.863. The van der Waals surface area contributed by atoms with Gasteiger partial charge in [-0.05, 0) is 50.4 Å². The van der Waals surface area contributed by atoms with Crippen molar-refractivity contribution in [2.24, 2.45) is 5.92 Å². The van der Waals surface area contributed by atoms with Crippen molar-refractivity contribution < 1.29 is 9.53 Å². The van der Waals surface area contributed by atoms with Crippen LogP contribution in [0.3, 0.4) is 0 Å². The molecule has 1 saturated heterocycles. The summed E-state index contributed by atoms with van der Waals surface area (Å²) in [5, 5.41) is 6.38. The third-order valence-electron chi connectivity index (χ3n) is 3.89. The Kier molecular flexibility index (Phi) is 4.21. The molecule has 1 aromatic rings. The third-order valence-corrected chi connectivity index (χ3v) is 3.89. The highest BCUT2D eigenvalue weighted by Gasteiger charge is 2.23. The van der Waals surface area contributed by atoms with Crippen LogP contribution in [0.25, 0.3) is 0 Å². The average molecular weight is 274 g/mol. The van der Waals surface area contributed by atoms with Gasteiger partial charge in [-0.2, -0.15) is 0 Å². The van der Waals surface area contributed by atoms with Crippen molar-refractivity contribution in [1.82, 2.24) is 10.6 Å². The summed E-state index contributed by atoms with van der Waals surface area (Å²) in [5.74, 6) is 1.38. The Morgan fingerprint density at radius 3 is 3.00 bits per heavy atom. The van der Waals surface area contributed by atoms with E-state index in [1.165, 1.54) is 12.8 Å². The molecule has 0 spiro atoms. The lowest BCUT2D eigenvalue weighted by Crippen LogP contribution is -2.33. The summed E-state index contributed by atoms with van der Waals surface area (Å²) >= 11 is 0. The fraction of sp³-hybridized carbons (Fsp3) is 0.562. The zero-order valence-corrected chi connectivity index (χ0v) is 11.7. The van der Waals surface area contributed by atoms with Crippen LogP contribution in [0, 0.1) is 5.92 Å². The molecule has 2 fully saturated rings.